The van der Waals surface area contributed by atoms with Crippen LogP contribution in [0.25, 0.3) is 0 Å². The highest BCUT2D eigenvalue weighted by molar-refractivity contribution is 5.79. The highest BCUT2D eigenvalue weighted by Crippen LogP contribution is 2.17. The molecule has 0 radical (unpaired) electrons. The first-order valence-electron chi connectivity index (χ1n) is 3.92. The van der Waals surface area contributed by atoms with E-state index in [1.807, 2.05) is 0 Å². The lowest BCUT2D eigenvalue weighted by Gasteiger charge is -2.16. The largest absolute Gasteiger partial charge is 0.368 e. The summed E-state index contributed by atoms with van der Waals surface area (Å²) >= 11 is 0. The van der Waals surface area contributed by atoms with E-state index in [1.165, 1.54) is 7.05 Å². The molecule has 4 nitrogen and oxygen atoms in total. The molecule has 0 fully saturated rings. The molecular formula is C8H8F3N3O. The molecular weight excluding hydrogens is 211 g/mol. The van der Waals surface area contributed by atoms with Crippen molar-refractivity contribution in [3.8, 4) is 0 Å². The van der Waals surface area contributed by atoms with Crippen molar-refractivity contribution in [3.63, 3.8) is 0 Å². The summed E-state index contributed by atoms with van der Waals surface area (Å²) in [5.41, 5.74) is 4.85. The van der Waals surface area contributed by atoms with Crippen molar-refractivity contribution >= 4 is 11.7 Å². The van der Waals surface area contributed by atoms with Crippen LogP contribution in [0.2, 0.25) is 0 Å². The minimum atomic E-state index is -1.43. The lowest BCUT2D eigenvalue weighted by atomic mass is 10.4. The predicted molar refractivity (Wildman–Crippen MR) is 46.6 cm³/mol. The van der Waals surface area contributed by atoms with E-state index in [-0.39, 0.29) is 6.54 Å². The molecule has 2 N–H and O–H groups in total. The number of carbonyl (C=O) groups excluding carboxylic acids is 1. The Hall–Kier alpha value is -1.79. The Bertz CT molecular complexity index is 397. The fraction of sp³-hybridized carbons (Fsp3) is 0.250. The van der Waals surface area contributed by atoms with Crippen LogP contribution in [0.1, 0.15) is 0 Å². The Morgan fingerprint density at radius 1 is 1.47 bits per heavy atom. The third-order valence-corrected chi connectivity index (χ3v) is 1.62. The van der Waals surface area contributed by atoms with Crippen LogP contribution in [0.5, 0.6) is 0 Å². The molecule has 1 rings (SSSR count). The molecule has 0 saturated carbocycles. The first-order valence-corrected chi connectivity index (χ1v) is 3.92. The van der Waals surface area contributed by atoms with Crippen molar-refractivity contribution < 1.29 is 18.0 Å². The molecule has 82 valence electrons. The molecule has 0 bridgehead atoms. The fourth-order valence-electron chi connectivity index (χ4n) is 1.01. The maximum atomic E-state index is 13.1. The highest BCUT2D eigenvalue weighted by atomic mass is 19.2. The molecule has 1 amide bonds. The summed E-state index contributed by atoms with van der Waals surface area (Å²) in [7, 11) is 1.29. The Morgan fingerprint density at radius 2 is 2.07 bits per heavy atom. The summed E-state index contributed by atoms with van der Waals surface area (Å²) in [6.45, 7) is -0.338. The van der Waals surface area contributed by atoms with Gasteiger partial charge in [-0.2, -0.15) is 9.37 Å². The lowest BCUT2D eigenvalue weighted by molar-refractivity contribution is -0.116. The van der Waals surface area contributed by atoms with Gasteiger partial charge in [-0.15, -0.1) is 0 Å². The van der Waals surface area contributed by atoms with E-state index in [1.54, 1.807) is 0 Å². The summed E-state index contributed by atoms with van der Waals surface area (Å²) < 4.78 is 38.2. The monoisotopic (exact) mass is 219 g/mol. The van der Waals surface area contributed by atoms with Crippen molar-refractivity contribution in [1.29, 1.82) is 0 Å². The molecule has 15 heavy (non-hydrogen) atoms. The van der Waals surface area contributed by atoms with E-state index in [9.17, 15) is 18.0 Å². The number of likely N-dealkylation sites (N-methyl/N-ethyl adjacent to an activating group) is 1. The van der Waals surface area contributed by atoms with E-state index in [0.29, 0.717) is 6.07 Å². The molecule has 0 unspecified atom stereocenters. The van der Waals surface area contributed by atoms with Crippen molar-refractivity contribution in [1.82, 2.24) is 4.98 Å². The van der Waals surface area contributed by atoms with Crippen LogP contribution < -0.4 is 10.6 Å². The van der Waals surface area contributed by atoms with E-state index in [2.05, 4.69) is 4.98 Å². The van der Waals surface area contributed by atoms with Gasteiger partial charge >= 0.3 is 0 Å². The van der Waals surface area contributed by atoms with Gasteiger partial charge in [0.2, 0.25) is 5.91 Å². The van der Waals surface area contributed by atoms with Gasteiger partial charge in [-0.1, -0.05) is 0 Å². The molecule has 0 spiro atoms. The van der Waals surface area contributed by atoms with Gasteiger partial charge in [0.25, 0.3) is 5.95 Å². The van der Waals surface area contributed by atoms with Crippen LogP contribution in [0.3, 0.4) is 0 Å². The predicted octanol–water partition coefficient (Wildman–Crippen LogP) is 0.420. The average molecular weight is 219 g/mol. The Labute approximate surface area is 83.5 Å². The molecule has 0 atom stereocenters. The van der Waals surface area contributed by atoms with Crippen LogP contribution in [0.15, 0.2) is 6.07 Å². The van der Waals surface area contributed by atoms with Crippen LogP contribution in [-0.4, -0.2) is 24.5 Å². The molecule has 0 saturated heterocycles. The first-order chi connectivity index (χ1) is 6.91. The van der Waals surface area contributed by atoms with Gasteiger partial charge in [0.05, 0.1) is 6.54 Å². The molecule has 0 aromatic carbocycles. The zero-order chi connectivity index (χ0) is 11.6. The summed E-state index contributed by atoms with van der Waals surface area (Å²) in [4.78, 5) is 14.5. The fourth-order valence-corrected chi connectivity index (χ4v) is 1.01. The van der Waals surface area contributed by atoms with E-state index < -0.39 is 29.3 Å². The van der Waals surface area contributed by atoms with Crippen LogP contribution in [0, 0.1) is 17.6 Å². The number of amides is 1. The Morgan fingerprint density at radius 3 is 2.60 bits per heavy atom. The van der Waals surface area contributed by atoms with Crippen LogP contribution in [-0.2, 0) is 4.79 Å². The molecule has 1 heterocycles. The molecule has 7 heteroatoms. The topological polar surface area (TPSA) is 59.2 Å². The number of pyridine rings is 1. The second-order valence-electron chi connectivity index (χ2n) is 2.89. The number of rotatable bonds is 3. The van der Waals surface area contributed by atoms with Crippen molar-refractivity contribution in [2.75, 3.05) is 18.5 Å². The number of anilines is 1. The SMILES string of the molecule is CN(CC(N)=O)c1nc(F)c(F)cc1F. The standard InChI is InChI=1S/C8H8F3N3O/c1-14(3-6(12)15)8-5(10)2-4(9)7(11)13-8/h2H,3H2,1H3,(H2,12,15). The van der Waals surface area contributed by atoms with Gasteiger partial charge < -0.3 is 10.6 Å². The summed E-state index contributed by atoms with van der Waals surface area (Å²) in [6, 6.07) is 0.356. The molecule has 0 aliphatic heterocycles. The summed E-state index contributed by atoms with van der Waals surface area (Å²) in [5.74, 6) is -5.07. The maximum absolute atomic E-state index is 13.1. The van der Waals surface area contributed by atoms with Crippen molar-refractivity contribution in [2.24, 2.45) is 5.73 Å². The zero-order valence-corrected chi connectivity index (χ0v) is 7.80. The van der Waals surface area contributed by atoms with Crippen LogP contribution >= 0.6 is 0 Å². The van der Waals surface area contributed by atoms with Gasteiger partial charge in [0.15, 0.2) is 17.5 Å². The number of aromatic nitrogens is 1. The van der Waals surface area contributed by atoms with Gasteiger partial charge in [0.1, 0.15) is 0 Å². The number of primary amides is 1. The lowest BCUT2D eigenvalue weighted by Crippen LogP contribution is -2.31. The normalized spacial score (nSPS) is 10.1. The van der Waals surface area contributed by atoms with Crippen LogP contribution in [0.4, 0.5) is 19.0 Å². The number of hydrogen-bond acceptors (Lipinski definition) is 3. The zero-order valence-electron chi connectivity index (χ0n) is 7.80. The maximum Gasteiger partial charge on any atom is 0.251 e. The van der Waals surface area contributed by atoms with Crippen molar-refractivity contribution in [3.05, 3.63) is 23.6 Å². The van der Waals surface area contributed by atoms with Gasteiger partial charge in [-0.25, -0.2) is 8.78 Å². The molecule has 1 aromatic heterocycles. The average Bonchev–Trinajstić information content (AvgIpc) is 2.09. The van der Waals surface area contributed by atoms with Crippen molar-refractivity contribution in [2.45, 2.75) is 0 Å². The third-order valence-electron chi connectivity index (χ3n) is 1.62. The van der Waals surface area contributed by atoms with E-state index in [0.717, 1.165) is 4.90 Å². The highest BCUT2D eigenvalue weighted by Gasteiger charge is 2.15. The quantitative estimate of drug-likeness (QED) is 0.749. The second-order valence-corrected chi connectivity index (χ2v) is 2.89. The molecule has 0 aliphatic carbocycles. The number of halogens is 3. The van der Waals surface area contributed by atoms with Gasteiger partial charge in [-0.05, 0) is 0 Å². The number of nitrogens with two attached hydrogens (primary N) is 1. The molecule has 0 aliphatic rings. The van der Waals surface area contributed by atoms with E-state index in [4.69, 9.17) is 5.73 Å². The number of carbonyl (C=O) groups is 1. The Balaban J connectivity index is 3.03. The Kier molecular flexibility index (Phi) is 3.13. The number of hydrogen-bond donors (Lipinski definition) is 1. The van der Waals surface area contributed by atoms with E-state index >= 15 is 0 Å². The minimum absolute atomic E-state index is 0.338. The molecule has 1 aromatic rings. The van der Waals surface area contributed by atoms with Gasteiger partial charge in [-0.3, -0.25) is 4.79 Å². The van der Waals surface area contributed by atoms with Gasteiger partial charge in [0, 0.05) is 13.1 Å². The second kappa shape index (κ2) is 4.16. The summed E-state index contributed by atoms with van der Waals surface area (Å²) in [6.07, 6.45) is 0. The minimum Gasteiger partial charge on any atom is -0.368 e. The smallest absolute Gasteiger partial charge is 0.251 e. The number of nitrogens with zero attached hydrogens (tertiary/aromatic N) is 2. The summed E-state index contributed by atoms with van der Waals surface area (Å²) in [5, 5.41) is 0. The third kappa shape index (κ3) is 2.58. The first kappa shape index (κ1) is 11.3.